The summed E-state index contributed by atoms with van der Waals surface area (Å²) in [6.45, 7) is 4.02. The molecule has 5 heteroatoms. The molecule has 1 unspecified atom stereocenters. The Morgan fingerprint density at radius 3 is 2.87 bits per heavy atom. The molecule has 5 nitrogen and oxygen atoms in total. The zero-order valence-electron chi connectivity index (χ0n) is 9.77. The number of aryl methyl sites for hydroxylation is 1. The molecule has 0 bridgehead atoms. The Kier molecular flexibility index (Phi) is 4.74. The van der Waals surface area contributed by atoms with Crippen LogP contribution in [-0.2, 0) is 6.54 Å². The van der Waals surface area contributed by atoms with E-state index in [0.29, 0.717) is 0 Å². The maximum absolute atomic E-state index is 5.55. The molecule has 0 aliphatic heterocycles. The number of aromatic nitrogens is 2. The summed E-state index contributed by atoms with van der Waals surface area (Å²) in [6, 6.07) is 0.127. The second kappa shape index (κ2) is 5.85. The van der Waals surface area contributed by atoms with E-state index in [4.69, 9.17) is 5.84 Å². The van der Waals surface area contributed by atoms with E-state index in [2.05, 4.69) is 40.9 Å². The molecule has 0 spiro atoms. The summed E-state index contributed by atoms with van der Waals surface area (Å²) in [5.74, 6) is 6.57. The SMILES string of the molecule is CCn1ccnc1C(CCN(C)C)NN. The van der Waals surface area contributed by atoms with E-state index in [0.717, 1.165) is 25.3 Å². The van der Waals surface area contributed by atoms with Gasteiger partial charge in [-0.15, -0.1) is 0 Å². The number of nitrogens with one attached hydrogen (secondary N) is 1. The molecule has 0 saturated heterocycles. The molecule has 0 fully saturated rings. The number of hydrazine groups is 1. The van der Waals surface area contributed by atoms with Gasteiger partial charge in [0.1, 0.15) is 5.82 Å². The molecule has 0 aliphatic rings. The van der Waals surface area contributed by atoms with E-state index in [1.165, 1.54) is 0 Å². The zero-order valence-corrected chi connectivity index (χ0v) is 9.77. The maximum atomic E-state index is 5.55. The Balaban J connectivity index is 2.65. The quantitative estimate of drug-likeness (QED) is 0.527. The molecule has 3 N–H and O–H groups in total. The van der Waals surface area contributed by atoms with Gasteiger partial charge < -0.3 is 9.47 Å². The Hall–Kier alpha value is -0.910. The van der Waals surface area contributed by atoms with Crippen LogP contribution in [0.2, 0.25) is 0 Å². The first-order chi connectivity index (χ1) is 7.19. The van der Waals surface area contributed by atoms with Gasteiger partial charge in [0.2, 0.25) is 0 Å². The molecule has 1 aromatic heterocycles. The van der Waals surface area contributed by atoms with Gasteiger partial charge in [-0.2, -0.15) is 0 Å². The Morgan fingerprint density at radius 2 is 2.33 bits per heavy atom. The lowest BCUT2D eigenvalue weighted by molar-refractivity contribution is 0.352. The summed E-state index contributed by atoms with van der Waals surface area (Å²) < 4.78 is 2.11. The fourth-order valence-electron chi connectivity index (χ4n) is 1.57. The van der Waals surface area contributed by atoms with Crippen molar-refractivity contribution in [3.05, 3.63) is 18.2 Å². The first-order valence-corrected chi connectivity index (χ1v) is 5.31. The summed E-state index contributed by atoms with van der Waals surface area (Å²) >= 11 is 0. The van der Waals surface area contributed by atoms with Gasteiger partial charge in [-0.3, -0.25) is 5.84 Å². The fourth-order valence-corrected chi connectivity index (χ4v) is 1.57. The zero-order chi connectivity index (χ0) is 11.3. The van der Waals surface area contributed by atoms with Crippen molar-refractivity contribution < 1.29 is 0 Å². The number of imidazole rings is 1. The summed E-state index contributed by atoms with van der Waals surface area (Å²) in [5, 5.41) is 0. The van der Waals surface area contributed by atoms with Crippen LogP contribution in [0.25, 0.3) is 0 Å². The van der Waals surface area contributed by atoms with E-state index in [-0.39, 0.29) is 6.04 Å². The summed E-state index contributed by atoms with van der Waals surface area (Å²) in [4.78, 5) is 6.48. The van der Waals surface area contributed by atoms with E-state index in [9.17, 15) is 0 Å². The second-order valence-corrected chi connectivity index (χ2v) is 3.88. The highest BCUT2D eigenvalue weighted by Crippen LogP contribution is 2.13. The number of nitrogens with two attached hydrogens (primary N) is 1. The van der Waals surface area contributed by atoms with Crippen molar-refractivity contribution in [1.82, 2.24) is 19.9 Å². The average Bonchev–Trinajstić information content (AvgIpc) is 2.66. The van der Waals surface area contributed by atoms with Gasteiger partial charge in [0.25, 0.3) is 0 Å². The molecule has 1 aromatic rings. The van der Waals surface area contributed by atoms with Gasteiger partial charge in [0.05, 0.1) is 6.04 Å². The molecule has 86 valence electrons. The summed E-state index contributed by atoms with van der Waals surface area (Å²) in [6.07, 6.45) is 4.76. The van der Waals surface area contributed by atoms with Crippen molar-refractivity contribution in [3.63, 3.8) is 0 Å². The van der Waals surface area contributed by atoms with Gasteiger partial charge in [-0.25, -0.2) is 10.4 Å². The topological polar surface area (TPSA) is 59.1 Å². The van der Waals surface area contributed by atoms with Crippen LogP contribution in [-0.4, -0.2) is 35.1 Å². The molecule has 0 aromatic carbocycles. The summed E-state index contributed by atoms with van der Waals surface area (Å²) in [7, 11) is 4.11. The Labute approximate surface area is 91.2 Å². The molecule has 15 heavy (non-hydrogen) atoms. The molecule has 1 atom stereocenters. The molecule has 1 rings (SSSR count). The van der Waals surface area contributed by atoms with Crippen molar-refractivity contribution in [1.29, 1.82) is 0 Å². The van der Waals surface area contributed by atoms with Crippen molar-refractivity contribution >= 4 is 0 Å². The van der Waals surface area contributed by atoms with Crippen molar-refractivity contribution in [2.75, 3.05) is 20.6 Å². The van der Waals surface area contributed by atoms with Crippen molar-refractivity contribution in [2.24, 2.45) is 5.84 Å². The number of hydrogen-bond acceptors (Lipinski definition) is 4. The fraction of sp³-hybridized carbons (Fsp3) is 0.700. The molecule has 0 amide bonds. The van der Waals surface area contributed by atoms with Crippen LogP contribution in [0.15, 0.2) is 12.4 Å². The van der Waals surface area contributed by atoms with E-state index in [1.54, 1.807) is 0 Å². The molecule has 0 radical (unpaired) electrons. The van der Waals surface area contributed by atoms with Crippen molar-refractivity contribution in [2.45, 2.75) is 25.9 Å². The van der Waals surface area contributed by atoms with Crippen molar-refractivity contribution in [3.8, 4) is 0 Å². The third-order valence-corrected chi connectivity index (χ3v) is 2.47. The molecule has 0 aliphatic carbocycles. The highest BCUT2D eigenvalue weighted by molar-refractivity contribution is 4.99. The smallest absolute Gasteiger partial charge is 0.127 e. The third kappa shape index (κ3) is 3.30. The van der Waals surface area contributed by atoms with Crippen LogP contribution in [0.5, 0.6) is 0 Å². The first-order valence-electron chi connectivity index (χ1n) is 5.31. The maximum Gasteiger partial charge on any atom is 0.127 e. The predicted octanol–water partition coefficient (Wildman–Crippen LogP) is 0.359. The number of hydrogen-bond donors (Lipinski definition) is 2. The monoisotopic (exact) mass is 211 g/mol. The van der Waals surface area contributed by atoms with Crippen LogP contribution >= 0.6 is 0 Å². The lowest BCUT2D eigenvalue weighted by atomic mass is 10.2. The van der Waals surface area contributed by atoms with Crippen LogP contribution in [0.1, 0.15) is 25.2 Å². The lowest BCUT2D eigenvalue weighted by Crippen LogP contribution is -2.32. The Bertz CT molecular complexity index is 281. The first kappa shape index (κ1) is 12.2. The molecular weight excluding hydrogens is 190 g/mol. The minimum atomic E-state index is 0.127. The van der Waals surface area contributed by atoms with Crippen LogP contribution in [0, 0.1) is 0 Å². The minimum absolute atomic E-state index is 0.127. The second-order valence-electron chi connectivity index (χ2n) is 3.88. The normalized spacial score (nSPS) is 13.4. The lowest BCUT2D eigenvalue weighted by Gasteiger charge is -2.18. The Morgan fingerprint density at radius 1 is 1.60 bits per heavy atom. The van der Waals surface area contributed by atoms with Gasteiger partial charge in [-0.1, -0.05) is 0 Å². The minimum Gasteiger partial charge on any atom is -0.334 e. The standard InChI is InChI=1S/C10H21N5/c1-4-15-8-6-12-10(15)9(13-11)5-7-14(2)3/h6,8-9,13H,4-5,7,11H2,1-3H3. The van der Waals surface area contributed by atoms with Gasteiger partial charge in [0.15, 0.2) is 0 Å². The van der Waals surface area contributed by atoms with Gasteiger partial charge in [0, 0.05) is 18.9 Å². The number of rotatable bonds is 6. The van der Waals surface area contributed by atoms with Gasteiger partial charge >= 0.3 is 0 Å². The molecule has 0 saturated carbocycles. The molecular formula is C10H21N5. The van der Waals surface area contributed by atoms with Gasteiger partial charge in [-0.05, 0) is 34.0 Å². The van der Waals surface area contributed by atoms with Crippen LogP contribution < -0.4 is 11.3 Å². The highest BCUT2D eigenvalue weighted by Gasteiger charge is 2.14. The molecule has 1 heterocycles. The van der Waals surface area contributed by atoms with E-state index < -0.39 is 0 Å². The summed E-state index contributed by atoms with van der Waals surface area (Å²) in [5.41, 5.74) is 2.82. The van der Waals surface area contributed by atoms with Crippen LogP contribution in [0.3, 0.4) is 0 Å². The average molecular weight is 211 g/mol. The third-order valence-electron chi connectivity index (χ3n) is 2.47. The predicted molar refractivity (Wildman–Crippen MR) is 61.1 cm³/mol. The van der Waals surface area contributed by atoms with E-state index >= 15 is 0 Å². The van der Waals surface area contributed by atoms with E-state index in [1.807, 2.05) is 12.4 Å². The number of nitrogens with zero attached hydrogens (tertiary/aromatic N) is 3. The largest absolute Gasteiger partial charge is 0.334 e. The highest BCUT2D eigenvalue weighted by atomic mass is 15.3. The van der Waals surface area contributed by atoms with Crippen LogP contribution in [0.4, 0.5) is 0 Å².